The van der Waals surface area contributed by atoms with Gasteiger partial charge in [-0.2, -0.15) is 5.10 Å². The zero-order valence-corrected chi connectivity index (χ0v) is 22.4. The van der Waals surface area contributed by atoms with Gasteiger partial charge in [-0.15, -0.1) is 0 Å². The highest BCUT2D eigenvalue weighted by Crippen LogP contribution is 2.27. The van der Waals surface area contributed by atoms with Gasteiger partial charge in [0.25, 0.3) is 5.91 Å². The van der Waals surface area contributed by atoms with E-state index in [0.717, 1.165) is 21.9 Å². The molecule has 0 aliphatic carbocycles. The van der Waals surface area contributed by atoms with Crippen LogP contribution in [-0.4, -0.2) is 24.7 Å². The average Bonchev–Trinajstić information content (AvgIpc) is 3.01. The molecule has 0 aliphatic rings. The van der Waals surface area contributed by atoms with E-state index in [9.17, 15) is 9.59 Å². The lowest BCUT2D eigenvalue weighted by atomic mass is 10.0. The van der Waals surface area contributed by atoms with Gasteiger partial charge in [-0.05, 0) is 65.7 Å². The number of benzene rings is 5. The highest BCUT2D eigenvalue weighted by molar-refractivity contribution is 6.04. The minimum atomic E-state index is -0.483. The van der Waals surface area contributed by atoms with Crippen LogP contribution in [0.1, 0.15) is 27.0 Å². The van der Waals surface area contributed by atoms with E-state index in [2.05, 4.69) is 10.5 Å². The third-order valence-corrected chi connectivity index (χ3v) is 6.25. The predicted octanol–water partition coefficient (Wildman–Crippen LogP) is 6.48. The number of hydrogen-bond acceptors (Lipinski definition) is 6. The Kier molecular flexibility index (Phi) is 8.66. The summed E-state index contributed by atoms with van der Waals surface area (Å²) in [7, 11) is 0. The lowest BCUT2D eigenvalue weighted by Crippen LogP contribution is -2.24. The molecule has 0 saturated heterocycles. The summed E-state index contributed by atoms with van der Waals surface area (Å²) >= 11 is 0. The van der Waals surface area contributed by atoms with Crippen LogP contribution < -0.4 is 19.6 Å². The first-order chi connectivity index (χ1) is 20.0. The largest absolute Gasteiger partial charge is 0.489 e. The van der Waals surface area contributed by atoms with Crippen LogP contribution in [-0.2, 0) is 11.4 Å². The summed E-state index contributed by atoms with van der Waals surface area (Å²) in [6, 6.07) is 35.3. The van der Waals surface area contributed by atoms with E-state index in [1.54, 1.807) is 42.5 Å². The van der Waals surface area contributed by atoms with Crippen LogP contribution in [0.2, 0.25) is 0 Å². The van der Waals surface area contributed by atoms with E-state index in [4.69, 9.17) is 14.2 Å². The molecule has 5 rings (SSSR count). The maximum Gasteiger partial charge on any atom is 0.343 e. The van der Waals surface area contributed by atoms with E-state index in [-0.39, 0.29) is 6.61 Å². The first-order valence-electron chi connectivity index (χ1n) is 13.1. The number of nitrogens with one attached hydrogen (secondary N) is 1. The molecular weight excluding hydrogens is 516 g/mol. The summed E-state index contributed by atoms with van der Waals surface area (Å²) < 4.78 is 17.1. The van der Waals surface area contributed by atoms with Crippen LogP contribution >= 0.6 is 0 Å². The van der Waals surface area contributed by atoms with Gasteiger partial charge in [-0.1, -0.05) is 78.4 Å². The molecule has 1 amide bonds. The van der Waals surface area contributed by atoms with Gasteiger partial charge >= 0.3 is 5.97 Å². The van der Waals surface area contributed by atoms with E-state index < -0.39 is 11.9 Å². The average molecular weight is 545 g/mol. The number of amides is 1. The standard InChI is InChI=1S/C34H28N2O5/c1-24-11-13-27(14-12-24)34(38)41-32-20-15-26-9-5-6-10-30(26)31(32)21-35-36-33(37)23-40-29-18-16-28(17-19-29)39-22-25-7-3-2-4-8-25/h2-21H,22-23H2,1H3,(H,36,37)/b35-21-. The lowest BCUT2D eigenvalue weighted by molar-refractivity contribution is -0.123. The molecule has 0 saturated carbocycles. The van der Waals surface area contributed by atoms with E-state index in [0.29, 0.717) is 35.0 Å². The number of nitrogens with zero attached hydrogens (tertiary/aromatic N) is 1. The minimum Gasteiger partial charge on any atom is -0.489 e. The fourth-order valence-corrected chi connectivity index (χ4v) is 4.07. The molecule has 0 bridgehead atoms. The number of hydrazone groups is 1. The van der Waals surface area contributed by atoms with Crippen molar-refractivity contribution >= 4 is 28.9 Å². The normalized spacial score (nSPS) is 10.9. The molecule has 7 heteroatoms. The van der Waals surface area contributed by atoms with Crippen LogP contribution in [0, 0.1) is 6.92 Å². The number of aryl methyl sites for hydroxylation is 1. The van der Waals surface area contributed by atoms with Crippen molar-refractivity contribution in [3.05, 3.63) is 138 Å². The number of rotatable bonds is 10. The number of esters is 1. The zero-order chi connectivity index (χ0) is 28.4. The van der Waals surface area contributed by atoms with Crippen LogP contribution in [0.15, 0.2) is 120 Å². The van der Waals surface area contributed by atoms with Gasteiger partial charge in [-0.25, -0.2) is 10.2 Å². The number of fused-ring (bicyclic) bond motifs is 1. The van der Waals surface area contributed by atoms with Gasteiger partial charge in [0.2, 0.25) is 0 Å². The molecule has 0 radical (unpaired) electrons. The Hall–Kier alpha value is -5.43. The van der Waals surface area contributed by atoms with Crippen molar-refractivity contribution in [3.8, 4) is 17.2 Å². The van der Waals surface area contributed by atoms with E-state index in [1.165, 1.54) is 6.21 Å². The smallest absolute Gasteiger partial charge is 0.343 e. The van der Waals surface area contributed by atoms with Crippen molar-refractivity contribution in [1.82, 2.24) is 5.43 Å². The maximum absolute atomic E-state index is 12.8. The molecule has 5 aromatic rings. The molecule has 204 valence electrons. The summed E-state index contributed by atoms with van der Waals surface area (Å²) in [6.07, 6.45) is 1.47. The zero-order valence-electron chi connectivity index (χ0n) is 22.4. The van der Waals surface area contributed by atoms with Crippen molar-refractivity contribution in [2.24, 2.45) is 5.10 Å². The number of carbonyl (C=O) groups is 2. The first-order valence-corrected chi connectivity index (χ1v) is 13.1. The summed E-state index contributed by atoms with van der Waals surface area (Å²) in [5.41, 5.74) is 5.60. The SMILES string of the molecule is Cc1ccc(C(=O)Oc2ccc3ccccc3c2/C=N\NC(=O)COc2ccc(OCc3ccccc3)cc2)cc1. The predicted molar refractivity (Wildman–Crippen MR) is 159 cm³/mol. The minimum absolute atomic E-state index is 0.230. The third-order valence-electron chi connectivity index (χ3n) is 6.25. The second-order valence-corrected chi connectivity index (χ2v) is 9.28. The molecule has 0 aliphatic heterocycles. The Bertz CT molecular complexity index is 1660. The Morgan fingerprint density at radius 1 is 0.756 bits per heavy atom. The molecule has 0 spiro atoms. The third kappa shape index (κ3) is 7.36. The molecule has 0 atom stereocenters. The summed E-state index contributed by atoms with van der Waals surface area (Å²) in [5, 5.41) is 5.87. The molecule has 7 nitrogen and oxygen atoms in total. The Morgan fingerprint density at radius 3 is 2.20 bits per heavy atom. The molecule has 0 fully saturated rings. The van der Waals surface area contributed by atoms with Gasteiger partial charge in [-0.3, -0.25) is 4.79 Å². The van der Waals surface area contributed by atoms with Crippen LogP contribution in [0.4, 0.5) is 0 Å². The van der Waals surface area contributed by atoms with Crippen LogP contribution in [0.3, 0.4) is 0 Å². The molecule has 0 unspecified atom stereocenters. The van der Waals surface area contributed by atoms with Gasteiger partial charge in [0.1, 0.15) is 23.9 Å². The number of hydrogen-bond donors (Lipinski definition) is 1. The second-order valence-electron chi connectivity index (χ2n) is 9.28. The van der Waals surface area contributed by atoms with Gasteiger partial charge in [0.15, 0.2) is 6.61 Å². The van der Waals surface area contributed by atoms with Gasteiger partial charge in [0.05, 0.1) is 11.8 Å². The van der Waals surface area contributed by atoms with E-state index >= 15 is 0 Å². The topological polar surface area (TPSA) is 86.2 Å². The van der Waals surface area contributed by atoms with Crippen LogP contribution in [0.5, 0.6) is 17.2 Å². The fourth-order valence-electron chi connectivity index (χ4n) is 4.07. The second kappa shape index (κ2) is 13.1. The van der Waals surface area contributed by atoms with Crippen molar-refractivity contribution in [2.75, 3.05) is 6.61 Å². The Labute approximate surface area is 238 Å². The fraction of sp³-hybridized carbons (Fsp3) is 0.0882. The van der Waals surface area contributed by atoms with Crippen LogP contribution in [0.25, 0.3) is 10.8 Å². The molecule has 0 heterocycles. The van der Waals surface area contributed by atoms with Gasteiger partial charge in [0, 0.05) is 5.56 Å². The highest BCUT2D eigenvalue weighted by Gasteiger charge is 2.14. The van der Waals surface area contributed by atoms with E-state index in [1.807, 2.05) is 79.7 Å². The molecule has 41 heavy (non-hydrogen) atoms. The van der Waals surface area contributed by atoms with Crippen molar-refractivity contribution in [3.63, 3.8) is 0 Å². The molecular formula is C34H28N2O5. The summed E-state index contributed by atoms with van der Waals surface area (Å²) in [6.45, 7) is 2.18. The summed E-state index contributed by atoms with van der Waals surface area (Å²) in [5.74, 6) is 0.630. The number of carbonyl (C=O) groups excluding carboxylic acids is 2. The Balaban J connectivity index is 1.19. The van der Waals surface area contributed by atoms with Crippen molar-refractivity contribution in [2.45, 2.75) is 13.5 Å². The summed E-state index contributed by atoms with van der Waals surface area (Å²) in [4.78, 5) is 25.2. The first kappa shape index (κ1) is 27.1. The Morgan fingerprint density at radius 2 is 1.44 bits per heavy atom. The molecule has 5 aromatic carbocycles. The quantitative estimate of drug-likeness (QED) is 0.0942. The van der Waals surface area contributed by atoms with Crippen molar-refractivity contribution in [1.29, 1.82) is 0 Å². The monoisotopic (exact) mass is 544 g/mol. The lowest BCUT2D eigenvalue weighted by Gasteiger charge is -2.11. The molecule has 0 aromatic heterocycles. The maximum atomic E-state index is 12.8. The van der Waals surface area contributed by atoms with Crippen molar-refractivity contribution < 1.29 is 23.8 Å². The van der Waals surface area contributed by atoms with Gasteiger partial charge < -0.3 is 14.2 Å². The highest BCUT2D eigenvalue weighted by atomic mass is 16.5. The molecule has 1 N–H and O–H groups in total. The number of ether oxygens (including phenoxy) is 3.